The monoisotopic (exact) mass is 296 g/mol. The van der Waals surface area contributed by atoms with E-state index in [1.807, 2.05) is 49.4 Å². The van der Waals surface area contributed by atoms with Gasteiger partial charge in [0.05, 0.1) is 29.5 Å². The average Bonchev–Trinajstić information content (AvgIpc) is 2.53. The Bertz CT molecular complexity index is 774. The number of aryl methyl sites for hydroxylation is 1. The molecule has 0 fully saturated rings. The molecule has 4 heteroatoms. The van der Waals surface area contributed by atoms with Gasteiger partial charge in [0.2, 0.25) is 0 Å². The largest absolute Gasteiger partial charge is 0.496 e. The third kappa shape index (κ3) is 3.00. The van der Waals surface area contributed by atoms with Crippen molar-refractivity contribution < 1.29 is 4.74 Å². The fraction of sp³-hybridized carbons (Fsp3) is 0.176. The van der Waals surface area contributed by atoms with Crippen LogP contribution in [0.15, 0.2) is 53.4 Å². The second-order valence-electron chi connectivity index (χ2n) is 4.68. The molecule has 0 N–H and O–H groups in total. The molecule has 3 rings (SSSR count). The first-order valence-electron chi connectivity index (χ1n) is 6.76. The van der Waals surface area contributed by atoms with Crippen LogP contribution in [-0.2, 0) is 5.75 Å². The van der Waals surface area contributed by atoms with Gasteiger partial charge in [-0.2, -0.15) is 0 Å². The number of hydrogen-bond donors (Lipinski definition) is 0. The number of thioether (sulfide) groups is 1. The predicted molar refractivity (Wildman–Crippen MR) is 86.8 cm³/mol. The maximum absolute atomic E-state index is 5.38. The number of rotatable bonds is 4. The van der Waals surface area contributed by atoms with Crippen LogP contribution < -0.4 is 4.74 Å². The van der Waals surface area contributed by atoms with Crippen molar-refractivity contribution in [3.8, 4) is 5.75 Å². The Balaban J connectivity index is 1.86. The normalized spacial score (nSPS) is 10.8. The van der Waals surface area contributed by atoms with Crippen molar-refractivity contribution in [3.63, 3.8) is 0 Å². The molecule has 0 saturated heterocycles. The zero-order valence-electron chi connectivity index (χ0n) is 12.0. The van der Waals surface area contributed by atoms with Crippen LogP contribution in [0.2, 0.25) is 0 Å². The van der Waals surface area contributed by atoms with E-state index in [1.165, 1.54) is 0 Å². The van der Waals surface area contributed by atoms with Gasteiger partial charge in [0.25, 0.3) is 0 Å². The molecule has 0 aliphatic heterocycles. The highest BCUT2D eigenvalue weighted by Crippen LogP contribution is 2.31. The minimum absolute atomic E-state index is 0.782. The van der Waals surface area contributed by atoms with Gasteiger partial charge in [-0.05, 0) is 31.2 Å². The molecular formula is C17H16N2OS. The summed E-state index contributed by atoms with van der Waals surface area (Å²) in [5, 5.41) is 0. The van der Waals surface area contributed by atoms with Crippen molar-refractivity contribution in [1.82, 2.24) is 9.97 Å². The number of methoxy groups -OCH3 is 1. The van der Waals surface area contributed by atoms with Crippen LogP contribution in [0.1, 0.15) is 11.4 Å². The summed E-state index contributed by atoms with van der Waals surface area (Å²) >= 11 is 1.72. The fourth-order valence-electron chi connectivity index (χ4n) is 2.15. The first-order chi connectivity index (χ1) is 10.3. The standard InChI is InChI=1S/C17H16N2OS/c1-12-15(19-14-8-4-3-7-13(14)18-12)11-21-17-10-6-5-9-16(17)20-2/h3-10H,11H2,1-2H3. The van der Waals surface area contributed by atoms with E-state index in [0.29, 0.717) is 0 Å². The Hall–Kier alpha value is -2.07. The highest BCUT2D eigenvalue weighted by Gasteiger charge is 2.08. The summed E-state index contributed by atoms with van der Waals surface area (Å²) in [7, 11) is 1.69. The molecule has 3 nitrogen and oxygen atoms in total. The van der Waals surface area contributed by atoms with E-state index in [0.717, 1.165) is 38.8 Å². The third-order valence-corrected chi connectivity index (χ3v) is 4.34. The van der Waals surface area contributed by atoms with E-state index >= 15 is 0 Å². The lowest BCUT2D eigenvalue weighted by Gasteiger charge is -2.09. The summed E-state index contributed by atoms with van der Waals surface area (Å²) in [5.41, 5.74) is 3.89. The van der Waals surface area contributed by atoms with E-state index < -0.39 is 0 Å². The summed E-state index contributed by atoms with van der Waals surface area (Å²) in [6.07, 6.45) is 0. The number of nitrogens with zero attached hydrogens (tertiary/aromatic N) is 2. The van der Waals surface area contributed by atoms with Crippen molar-refractivity contribution >= 4 is 22.8 Å². The number of ether oxygens (including phenoxy) is 1. The van der Waals surface area contributed by atoms with Crippen molar-refractivity contribution in [3.05, 3.63) is 59.9 Å². The number of fused-ring (bicyclic) bond motifs is 1. The van der Waals surface area contributed by atoms with Gasteiger partial charge in [0, 0.05) is 10.6 Å². The van der Waals surface area contributed by atoms with Crippen molar-refractivity contribution in [1.29, 1.82) is 0 Å². The maximum atomic E-state index is 5.38. The van der Waals surface area contributed by atoms with Gasteiger partial charge in [-0.1, -0.05) is 24.3 Å². The number of benzene rings is 2. The van der Waals surface area contributed by atoms with Crippen LogP contribution >= 0.6 is 11.8 Å². The number of para-hydroxylation sites is 3. The van der Waals surface area contributed by atoms with Gasteiger partial charge in [0.1, 0.15) is 5.75 Å². The lowest BCUT2D eigenvalue weighted by molar-refractivity contribution is 0.405. The molecule has 1 aromatic heterocycles. The lowest BCUT2D eigenvalue weighted by atomic mass is 10.2. The molecule has 0 radical (unpaired) electrons. The number of hydrogen-bond acceptors (Lipinski definition) is 4. The summed E-state index contributed by atoms with van der Waals surface area (Å²) < 4.78 is 5.38. The molecule has 0 atom stereocenters. The molecule has 0 bridgehead atoms. The van der Waals surface area contributed by atoms with Crippen LogP contribution in [0.25, 0.3) is 11.0 Å². The molecular weight excluding hydrogens is 280 g/mol. The van der Waals surface area contributed by atoms with Gasteiger partial charge in [-0.15, -0.1) is 11.8 Å². The van der Waals surface area contributed by atoms with Crippen LogP contribution in [0.3, 0.4) is 0 Å². The number of aromatic nitrogens is 2. The van der Waals surface area contributed by atoms with Crippen LogP contribution in [0.4, 0.5) is 0 Å². The molecule has 0 aliphatic carbocycles. The average molecular weight is 296 g/mol. The molecule has 3 aromatic rings. The Morgan fingerprint density at radius 2 is 1.62 bits per heavy atom. The summed E-state index contributed by atoms with van der Waals surface area (Å²) in [4.78, 5) is 10.5. The molecule has 0 amide bonds. The molecule has 106 valence electrons. The SMILES string of the molecule is COc1ccccc1SCc1nc2ccccc2nc1C. The van der Waals surface area contributed by atoms with E-state index in [2.05, 4.69) is 11.1 Å². The molecule has 0 aliphatic rings. The molecule has 2 aromatic carbocycles. The van der Waals surface area contributed by atoms with Gasteiger partial charge < -0.3 is 4.74 Å². The Morgan fingerprint density at radius 3 is 2.38 bits per heavy atom. The zero-order valence-corrected chi connectivity index (χ0v) is 12.9. The minimum atomic E-state index is 0.782. The van der Waals surface area contributed by atoms with Crippen LogP contribution in [0.5, 0.6) is 5.75 Å². The fourth-order valence-corrected chi connectivity index (χ4v) is 3.18. The lowest BCUT2D eigenvalue weighted by Crippen LogP contribution is -1.97. The highest BCUT2D eigenvalue weighted by molar-refractivity contribution is 7.98. The van der Waals surface area contributed by atoms with Gasteiger partial charge in [-0.3, -0.25) is 0 Å². The predicted octanol–water partition coefficient (Wildman–Crippen LogP) is 4.24. The molecule has 0 unspecified atom stereocenters. The Labute approximate surface area is 128 Å². The van der Waals surface area contributed by atoms with E-state index in [4.69, 9.17) is 9.72 Å². The molecule has 0 saturated carbocycles. The van der Waals surface area contributed by atoms with E-state index in [1.54, 1.807) is 18.9 Å². The first kappa shape index (κ1) is 13.9. The smallest absolute Gasteiger partial charge is 0.132 e. The molecule has 1 heterocycles. The van der Waals surface area contributed by atoms with Gasteiger partial charge in [0.15, 0.2) is 0 Å². The van der Waals surface area contributed by atoms with Crippen LogP contribution in [-0.4, -0.2) is 17.1 Å². The van der Waals surface area contributed by atoms with Crippen LogP contribution in [0, 0.1) is 6.92 Å². The van der Waals surface area contributed by atoms with E-state index in [9.17, 15) is 0 Å². The Kier molecular flexibility index (Phi) is 4.06. The highest BCUT2D eigenvalue weighted by atomic mass is 32.2. The molecule has 21 heavy (non-hydrogen) atoms. The van der Waals surface area contributed by atoms with E-state index in [-0.39, 0.29) is 0 Å². The summed E-state index contributed by atoms with van der Waals surface area (Å²) in [6.45, 7) is 2.01. The van der Waals surface area contributed by atoms with Crippen molar-refractivity contribution in [2.75, 3.05) is 7.11 Å². The third-order valence-electron chi connectivity index (χ3n) is 3.28. The second-order valence-corrected chi connectivity index (χ2v) is 5.70. The minimum Gasteiger partial charge on any atom is -0.496 e. The van der Waals surface area contributed by atoms with Gasteiger partial charge in [-0.25, -0.2) is 9.97 Å². The topological polar surface area (TPSA) is 35.0 Å². The second kappa shape index (κ2) is 6.14. The molecule has 0 spiro atoms. The maximum Gasteiger partial charge on any atom is 0.132 e. The zero-order chi connectivity index (χ0) is 14.7. The first-order valence-corrected chi connectivity index (χ1v) is 7.74. The Morgan fingerprint density at radius 1 is 0.952 bits per heavy atom. The van der Waals surface area contributed by atoms with Crippen molar-refractivity contribution in [2.24, 2.45) is 0 Å². The van der Waals surface area contributed by atoms with Gasteiger partial charge >= 0.3 is 0 Å². The van der Waals surface area contributed by atoms with Crippen molar-refractivity contribution in [2.45, 2.75) is 17.6 Å². The summed E-state index contributed by atoms with van der Waals surface area (Å²) in [6, 6.07) is 16.0. The summed E-state index contributed by atoms with van der Waals surface area (Å²) in [5.74, 6) is 1.68. The quantitative estimate of drug-likeness (QED) is 0.675.